The number of para-hydroxylation sites is 3. The van der Waals surface area contributed by atoms with Gasteiger partial charge < -0.3 is 19.3 Å². The summed E-state index contributed by atoms with van der Waals surface area (Å²) in [5.74, 6) is -2.31. The van der Waals surface area contributed by atoms with Gasteiger partial charge >= 0.3 is 23.3 Å². The van der Waals surface area contributed by atoms with Crippen LogP contribution in [0.2, 0.25) is 0 Å². The van der Waals surface area contributed by atoms with Gasteiger partial charge in [-0.15, -0.1) is 0 Å². The monoisotopic (exact) mass is 728 g/mol. The van der Waals surface area contributed by atoms with Crippen molar-refractivity contribution in [3.8, 4) is 28.6 Å². The summed E-state index contributed by atoms with van der Waals surface area (Å²) in [7, 11) is 0. The largest absolute Gasteiger partial charge is 0.504 e. The van der Waals surface area contributed by atoms with Gasteiger partial charge in [0.1, 0.15) is 0 Å². The zero-order chi connectivity index (χ0) is 38.3. The van der Waals surface area contributed by atoms with Crippen LogP contribution in [-0.4, -0.2) is 69.6 Å². The third kappa shape index (κ3) is 10.2. The summed E-state index contributed by atoms with van der Waals surface area (Å²) in [6.07, 6.45) is 9.13. The van der Waals surface area contributed by atoms with E-state index in [2.05, 4.69) is 20.2 Å². The Bertz CT molecular complexity index is 2180. The van der Waals surface area contributed by atoms with Crippen molar-refractivity contribution in [1.82, 2.24) is 29.5 Å². The normalized spacial score (nSPS) is 10.1. The lowest BCUT2D eigenvalue weighted by atomic mass is 10.3. The van der Waals surface area contributed by atoms with E-state index in [-0.39, 0.29) is 47.5 Å². The summed E-state index contributed by atoms with van der Waals surface area (Å²) in [5, 5.41) is 38.9. The van der Waals surface area contributed by atoms with Crippen LogP contribution in [0.3, 0.4) is 0 Å². The number of hydrogen-bond donors (Lipinski definition) is 1. The number of hydrogen-bond acceptors (Lipinski definition) is 14. The predicted octanol–water partition coefficient (Wildman–Crippen LogP) is 6.03. The molecule has 6 rings (SSSR count). The fraction of sp³-hybridized carbons (Fsp3) is 0.118. The first-order chi connectivity index (χ1) is 25.5. The lowest BCUT2D eigenvalue weighted by Gasteiger charge is -2.05. The maximum absolute atomic E-state index is 12.4. The van der Waals surface area contributed by atoms with Gasteiger partial charge in [0.25, 0.3) is 0 Å². The molecule has 53 heavy (non-hydrogen) atoms. The third-order valence-corrected chi connectivity index (χ3v) is 6.47. The van der Waals surface area contributed by atoms with Crippen molar-refractivity contribution < 1.29 is 43.1 Å². The van der Waals surface area contributed by atoms with Gasteiger partial charge in [0, 0.05) is 24.5 Å². The number of halogens is 1. The highest BCUT2D eigenvalue weighted by molar-refractivity contribution is 5.90. The summed E-state index contributed by atoms with van der Waals surface area (Å²) in [4.78, 5) is 51.4. The smallest absolute Gasteiger partial charge is 0.362 e. The summed E-state index contributed by atoms with van der Waals surface area (Å²) < 4.78 is 30.5. The number of benzene rings is 2. The first kappa shape index (κ1) is 38.2. The maximum atomic E-state index is 12.4. The topological polar surface area (TPSA) is 230 Å². The molecule has 0 fully saturated rings. The number of aromatic hydroxyl groups is 1. The van der Waals surface area contributed by atoms with Crippen molar-refractivity contribution in [2.24, 2.45) is 0 Å². The molecule has 0 saturated heterocycles. The SMILES string of the molecule is CCOC(=O)c1nn(-c2cccnc2)cc1O.CCOC(=O)c1nn(-c2cccnc2)cc1Oc1ccccc1[N+](=O)[O-].O=[N+]([O-])c1ccccc1F. The van der Waals surface area contributed by atoms with Crippen LogP contribution < -0.4 is 4.74 Å². The van der Waals surface area contributed by atoms with E-state index in [9.17, 15) is 39.3 Å². The van der Waals surface area contributed by atoms with Crippen LogP contribution in [0.5, 0.6) is 17.2 Å². The Morgan fingerprint density at radius 3 is 1.74 bits per heavy atom. The molecule has 0 spiro atoms. The van der Waals surface area contributed by atoms with Crippen LogP contribution in [0.1, 0.15) is 34.8 Å². The van der Waals surface area contributed by atoms with Crippen LogP contribution in [0.25, 0.3) is 11.4 Å². The van der Waals surface area contributed by atoms with Crippen LogP contribution in [0, 0.1) is 26.0 Å². The first-order valence-electron chi connectivity index (χ1n) is 15.4. The van der Waals surface area contributed by atoms with Gasteiger partial charge in [-0.1, -0.05) is 24.3 Å². The number of nitro groups is 2. The van der Waals surface area contributed by atoms with E-state index in [0.717, 1.165) is 12.1 Å². The Morgan fingerprint density at radius 2 is 1.23 bits per heavy atom. The maximum Gasteiger partial charge on any atom is 0.362 e. The van der Waals surface area contributed by atoms with E-state index in [4.69, 9.17) is 14.2 Å². The van der Waals surface area contributed by atoms with Crippen molar-refractivity contribution >= 4 is 23.3 Å². The summed E-state index contributed by atoms with van der Waals surface area (Å²) in [6, 6.07) is 17.8. The average molecular weight is 729 g/mol. The Kier molecular flexibility index (Phi) is 13.3. The van der Waals surface area contributed by atoms with Crippen LogP contribution in [0.4, 0.5) is 15.8 Å². The first-order valence-corrected chi connectivity index (χ1v) is 15.4. The molecule has 0 aliphatic carbocycles. The fourth-order valence-corrected chi connectivity index (χ4v) is 4.14. The van der Waals surface area contributed by atoms with E-state index in [1.165, 1.54) is 52.1 Å². The van der Waals surface area contributed by atoms with Crippen LogP contribution >= 0.6 is 0 Å². The van der Waals surface area contributed by atoms with Crippen molar-refractivity contribution in [1.29, 1.82) is 0 Å². The molecule has 19 heteroatoms. The lowest BCUT2D eigenvalue weighted by molar-refractivity contribution is -0.387. The molecule has 1 N–H and O–H groups in total. The number of esters is 2. The second kappa shape index (κ2) is 18.4. The molecule has 4 aromatic heterocycles. The van der Waals surface area contributed by atoms with Gasteiger partial charge in [-0.25, -0.2) is 19.0 Å². The number of carbonyl (C=O) groups is 2. The predicted molar refractivity (Wildman–Crippen MR) is 183 cm³/mol. The highest BCUT2D eigenvalue weighted by atomic mass is 19.1. The molecular weight excluding hydrogens is 699 g/mol. The molecule has 272 valence electrons. The van der Waals surface area contributed by atoms with Gasteiger partial charge in [0.15, 0.2) is 11.5 Å². The van der Waals surface area contributed by atoms with Crippen LogP contribution in [-0.2, 0) is 9.47 Å². The van der Waals surface area contributed by atoms with Gasteiger partial charge in [-0.2, -0.15) is 14.6 Å². The van der Waals surface area contributed by atoms with Crippen molar-refractivity contribution in [2.75, 3.05) is 13.2 Å². The van der Waals surface area contributed by atoms with Gasteiger partial charge in [0.05, 0.1) is 59.2 Å². The van der Waals surface area contributed by atoms with Gasteiger partial charge in [0.2, 0.25) is 23.0 Å². The van der Waals surface area contributed by atoms with Crippen molar-refractivity contribution in [2.45, 2.75) is 13.8 Å². The van der Waals surface area contributed by atoms with Gasteiger partial charge in [-0.05, 0) is 50.2 Å². The zero-order valence-corrected chi connectivity index (χ0v) is 27.9. The fourth-order valence-electron chi connectivity index (χ4n) is 4.14. The molecule has 0 atom stereocenters. The molecule has 0 saturated carbocycles. The quantitative estimate of drug-likeness (QED) is 0.0965. The van der Waals surface area contributed by atoms with Crippen LogP contribution in [0.15, 0.2) is 110 Å². The Labute approximate surface area is 299 Å². The molecule has 0 unspecified atom stereocenters. The number of pyridine rings is 2. The highest BCUT2D eigenvalue weighted by Gasteiger charge is 2.24. The minimum Gasteiger partial charge on any atom is -0.504 e. The van der Waals surface area contributed by atoms with Gasteiger partial charge in [-0.3, -0.25) is 30.2 Å². The molecule has 6 aromatic rings. The zero-order valence-electron chi connectivity index (χ0n) is 27.9. The second-order valence-electron chi connectivity index (χ2n) is 9.99. The number of rotatable bonds is 10. The number of nitrogens with zero attached hydrogens (tertiary/aromatic N) is 8. The van der Waals surface area contributed by atoms with E-state index in [1.54, 1.807) is 69.0 Å². The van der Waals surface area contributed by atoms with Crippen molar-refractivity contribution in [3.63, 3.8) is 0 Å². The van der Waals surface area contributed by atoms with E-state index in [1.807, 2.05) is 0 Å². The number of aromatic nitrogens is 6. The average Bonchev–Trinajstić information content (AvgIpc) is 3.77. The molecule has 4 heterocycles. The minimum absolute atomic E-state index is 0.00575. The Hall–Kier alpha value is -7.57. The van der Waals surface area contributed by atoms with Crippen molar-refractivity contribution in [3.05, 3.63) is 147 Å². The van der Waals surface area contributed by atoms with E-state index in [0.29, 0.717) is 11.4 Å². The number of carbonyl (C=O) groups excluding carboxylic acids is 2. The summed E-state index contributed by atoms with van der Waals surface area (Å²) in [6.45, 7) is 3.74. The summed E-state index contributed by atoms with van der Waals surface area (Å²) >= 11 is 0. The minimum atomic E-state index is -0.799. The standard InChI is InChI=1S/C17H14N4O5.C11H11N3O3.C6H4FNO2/c1-2-25-17(22)16-15(11-20(19-16)12-6-5-9-18-10-12)26-14-8-4-3-7-13(14)21(23)24;1-2-17-11(16)10-9(15)7-14(13-10)8-4-3-5-12-6-8;7-5-3-1-2-4-6(5)8(9)10/h3-11H,2H2,1H3;3-7,15H,2H2,1H3;1-4H. The third-order valence-electron chi connectivity index (χ3n) is 6.47. The Balaban J connectivity index is 0.000000198. The second-order valence-corrected chi connectivity index (χ2v) is 9.99. The number of nitro benzene ring substituents is 2. The van der Waals surface area contributed by atoms with E-state index >= 15 is 0 Å². The Morgan fingerprint density at radius 1 is 0.717 bits per heavy atom. The summed E-state index contributed by atoms with van der Waals surface area (Å²) in [5.41, 5.74) is 0.345. The molecule has 0 amide bonds. The molecule has 0 aliphatic rings. The molecule has 0 aliphatic heterocycles. The highest BCUT2D eigenvalue weighted by Crippen LogP contribution is 2.33. The molecule has 0 bridgehead atoms. The lowest BCUT2D eigenvalue weighted by Crippen LogP contribution is -2.08. The molecule has 0 radical (unpaired) electrons. The molecule has 2 aromatic carbocycles. The van der Waals surface area contributed by atoms with E-state index < -0.39 is 33.3 Å². The molecular formula is C34H29FN8O10. The number of ether oxygens (including phenoxy) is 3. The molecule has 18 nitrogen and oxygen atoms in total.